The highest BCUT2D eigenvalue weighted by atomic mass is 32.1. The van der Waals surface area contributed by atoms with Gasteiger partial charge in [0.2, 0.25) is 0 Å². The number of carbonyl (C=O) groups is 1. The van der Waals surface area contributed by atoms with Crippen molar-refractivity contribution in [3.8, 4) is 6.07 Å². The van der Waals surface area contributed by atoms with Crippen molar-refractivity contribution in [3.63, 3.8) is 0 Å². The van der Waals surface area contributed by atoms with E-state index in [9.17, 15) is 10.1 Å². The molecule has 0 unspecified atom stereocenters. The summed E-state index contributed by atoms with van der Waals surface area (Å²) in [5.74, 6) is 0.889. The maximum atomic E-state index is 12.0. The lowest BCUT2D eigenvalue weighted by atomic mass is 9.80. The molecular weight excluding hydrogens is 410 g/mol. The Bertz CT molecular complexity index is 1140. The lowest BCUT2D eigenvalue weighted by Crippen LogP contribution is -2.34. The van der Waals surface area contributed by atoms with E-state index in [-0.39, 0.29) is 17.3 Å². The van der Waals surface area contributed by atoms with Gasteiger partial charge >= 0.3 is 6.03 Å². The van der Waals surface area contributed by atoms with E-state index in [1.54, 1.807) is 0 Å². The van der Waals surface area contributed by atoms with E-state index in [0.717, 1.165) is 41.2 Å². The fourth-order valence-corrected chi connectivity index (χ4v) is 4.02. The number of rotatable bonds is 5. The lowest BCUT2D eigenvalue weighted by Gasteiger charge is -2.21. The molecule has 2 heterocycles. The Morgan fingerprint density at radius 2 is 1.94 bits per heavy atom. The van der Waals surface area contributed by atoms with Crippen molar-refractivity contribution in [2.24, 2.45) is 0 Å². The monoisotopic (exact) mass is 433 g/mol. The van der Waals surface area contributed by atoms with Crippen molar-refractivity contribution < 1.29 is 4.79 Å². The number of amides is 2. The summed E-state index contributed by atoms with van der Waals surface area (Å²) >= 11 is 4.19. The molecule has 158 valence electrons. The van der Waals surface area contributed by atoms with Crippen LogP contribution in [0, 0.1) is 11.3 Å². The molecule has 4 rings (SSSR count). The molecule has 0 atom stereocenters. The Hall–Kier alpha value is -3.38. The summed E-state index contributed by atoms with van der Waals surface area (Å²) in [6, 6.07) is 13.7. The van der Waals surface area contributed by atoms with Gasteiger partial charge in [-0.25, -0.2) is 24.1 Å². The van der Waals surface area contributed by atoms with Gasteiger partial charge in [0.15, 0.2) is 11.5 Å². The molecule has 9 heteroatoms. The van der Waals surface area contributed by atoms with Crippen LogP contribution in [-0.4, -0.2) is 27.5 Å². The largest absolute Gasteiger partial charge is 0.340 e. The average Bonchev–Trinajstić information content (AvgIpc) is 3.29. The molecule has 2 aromatic heterocycles. The summed E-state index contributed by atoms with van der Waals surface area (Å²) in [5, 5.41) is 15.6. The Morgan fingerprint density at radius 3 is 2.61 bits per heavy atom. The van der Waals surface area contributed by atoms with E-state index in [2.05, 4.69) is 44.5 Å². The van der Waals surface area contributed by atoms with E-state index in [1.165, 1.54) is 6.20 Å². The molecule has 0 spiro atoms. The van der Waals surface area contributed by atoms with Crippen LogP contribution in [0.1, 0.15) is 38.2 Å². The molecule has 3 aromatic rings. The van der Waals surface area contributed by atoms with Crippen LogP contribution in [0.5, 0.6) is 0 Å². The zero-order valence-electron chi connectivity index (χ0n) is 17.2. The first-order chi connectivity index (χ1) is 15.0. The first-order valence-electron chi connectivity index (χ1n) is 10.2. The van der Waals surface area contributed by atoms with Gasteiger partial charge in [-0.3, -0.25) is 0 Å². The summed E-state index contributed by atoms with van der Waals surface area (Å²) in [4.78, 5) is 25.2. The van der Waals surface area contributed by atoms with Gasteiger partial charge in [0.25, 0.3) is 0 Å². The minimum absolute atomic E-state index is 0.286. The van der Waals surface area contributed by atoms with E-state index in [4.69, 9.17) is 0 Å². The Kier molecular flexibility index (Phi) is 5.91. The first kappa shape index (κ1) is 20.9. The number of aromatic nitrogens is 3. The highest BCUT2D eigenvalue weighted by molar-refractivity contribution is 7.82. The SMILES string of the molecule is CCNC(=O)N(S)c1cnc2ccc(Nc3ccc(C4(C#N)CCCC4)cc3)nc2n1. The van der Waals surface area contributed by atoms with Gasteiger partial charge in [0, 0.05) is 12.2 Å². The molecular formula is C22H23N7OS. The number of fused-ring (bicyclic) bond motifs is 1. The number of benzene rings is 1. The van der Waals surface area contributed by atoms with Crippen molar-refractivity contribution in [1.29, 1.82) is 5.26 Å². The smallest absolute Gasteiger partial charge is 0.333 e. The van der Waals surface area contributed by atoms with E-state index < -0.39 is 0 Å². The summed E-state index contributed by atoms with van der Waals surface area (Å²) in [7, 11) is 0. The van der Waals surface area contributed by atoms with Crippen LogP contribution in [0.2, 0.25) is 0 Å². The molecule has 1 aliphatic rings. The molecule has 0 bridgehead atoms. The van der Waals surface area contributed by atoms with Gasteiger partial charge in [0.05, 0.1) is 17.7 Å². The molecule has 2 N–H and O–H groups in total. The first-order valence-corrected chi connectivity index (χ1v) is 10.6. The fraction of sp³-hybridized carbons (Fsp3) is 0.318. The van der Waals surface area contributed by atoms with Gasteiger partial charge in [-0.2, -0.15) is 5.26 Å². The zero-order valence-corrected chi connectivity index (χ0v) is 18.1. The Balaban J connectivity index is 1.54. The third kappa shape index (κ3) is 4.25. The zero-order chi connectivity index (χ0) is 21.8. The maximum absolute atomic E-state index is 12.0. The third-order valence-electron chi connectivity index (χ3n) is 5.51. The minimum Gasteiger partial charge on any atom is -0.340 e. The summed E-state index contributed by atoms with van der Waals surface area (Å²) in [6.45, 7) is 2.31. The fourth-order valence-electron chi connectivity index (χ4n) is 3.85. The predicted molar refractivity (Wildman–Crippen MR) is 123 cm³/mol. The number of urea groups is 1. The van der Waals surface area contributed by atoms with Crippen LogP contribution in [0.15, 0.2) is 42.6 Å². The second-order valence-electron chi connectivity index (χ2n) is 7.52. The molecule has 2 amide bonds. The number of hydrogen-bond acceptors (Lipinski definition) is 7. The van der Waals surface area contributed by atoms with Crippen LogP contribution >= 0.6 is 12.8 Å². The summed E-state index contributed by atoms with van der Waals surface area (Å²) in [5.41, 5.74) is 2.59. The highest BCUT2D eigenvalue weighted by Crippen LogP contribution is 2.40. The summed E-state index contributed by atoms with van der Waals surface area (Å²) in [6.07, 6.45) is 5.51. The van der Waals surface area contributed by atoms with Crippen LogP contribution in [0.25, 0.3) is 11.2 Å². The standard InChI is InChI=1S/C22H23N7OS/c1-2-24-21(30)29(31)19-13-25-17-9-10-18(27-20(17)28-19)26-16-7-5-15(6-8-16)22(14-23)11-3-4-12-22/h5-10,13,31H,2-4,11-12H2,1H3,(H,24,30)(H,26,27,28). The Morgan fingerprint density at radius 1 is 1.19 bits per heavy atom. The number of carbonyl (C=O) groups excluding carboxylic acids is 1. The van der Waals surface area contributed by atoms with Crippen molar-refractivity contribution in [2.75, 3.05) is 16.2 Å². The molecule has 1 aromatic carbocycles. The number of nitrogens with zero attached hydrogens (tertiary/aromatic N) is 5. The molecule has 1 aliphatic carbocycles. The highest BCUT2D eigenvalue weighted by Gasteiger charge is 2.35. The molecule has 0 radical (unpaired) electrons. The van der Waals surface area contributed by atoms with Gasteiger partial charge in [-0.05, 0) is 49.6 Å². The van der Waals surface area contributed by atoms with Crippen molar-refractivity contribution in [3.05, 3.63) is 48.2 Å². The molecule has 0 saturated heterocycles. The maximum Gasteiger partial charge on any atom is 0.333 e. The van der Waals surface area contributed by atoms with Crippen LogP contribution < -0.4 is 14.9 Å². The lowest BCUT2D eigenvalue weighted by molar-refractivity contribution is 0.250. The third-order valence-corrected chi connectivity index (χ3v) is 5.90. The van der Waals surface area contributed by atoms with Crippen LogP contribution in [0.3, 0.4) is 0 Å². The number of nitrogens with one attached hydrogen (secondary N) is 2. The molecule has 31 heavy (non-hydrogen) atoms. The predicted octanol–water partition coefficient (Wildman–Crippen LogP) is 4.48. The number of thiol groups is 1. The quantitative estimate of drug-likeness (QED) is 0.512. The van der Waals surface area contributed by atoms with Crippen molar-refractivity contribution in [2.45, 2.75) is 38.0 Å². The number of nitriles is 1. The second kappa shape index (κ2) is 8.78. The molecule has 1 saturated carbocycles. The summed E-state index contributed by atoms with van der Waals surface area (Å²) < 4.78 is 1.10. The number of anilines is 3. The van der Waals surface area contributed by atoms with Crippen molar-refractivity contribution >= 4 is 47.3 Å². The van der Waals surface area contributed by atoms with Crippen LogP contribution in [0.4, 0.5) is 22.1 Å². The van der Waals surface area contributed by atoms with Gasteiger partial charge in [0.1, 0.15) is 11.3 Å². The molecule has 0 aliphatic heterocycles. The van der Waals surface area contributed by atoms with Gasteiger partial charge < -0.3 is 10.6 Å². The molecule has 8 nitrogen and oxygen atoms in total. The Labute approximate surface area is 186 Å². The van der Waals surface area contributed by atoms with E-state index in [0.29, 0.717) is 23.5 Å². The minimum atomic E-state index is -0.383. The van der Waals surface area contributed by atoms with Gasteiger partial charge in [-0.1, -0.05) is 37.8 Å². The van der Waals surface area contributed by atoms with Gasteiger partial charge in [-0.15, -0.1) is 0 Å². The van der Waals surface area contributed by atoms with E-state index in [1.807, 2.05) is 43.3 Å². The molecule has 1 fully saturated rings. The average molecular weight is 434 g/mol. The van der Waals surface area contributed by atoms with Crippen LogP contribution in [-0.2, 0) is 5.41 Å². The topological polar surface area (TPSA) is 107 Å². The normalized spacial score (nSPS) is 14.7. The van der Waals surface area contributed by atoms with Crippen molar-refractivity contribution in [1.82, 2.24) is 20.3 Å². The van der Waals surface area contributed by atoms with E-state index >= 15 is 0 Å². The second-order valence-corrected chi connectivity index (χ2v) is 7.92. The number of pyridine rings is 1. The number of hydrogen-bond donors (Lipinski definition) is 3.